The fourth-order valence-electron chi connectivity index (χ4n) is 4.33. The zero-order valence-corrected chi connectivity index (χ0v) is 18.0. The summed E-state index contributed by atoms with van der Waals surface area (Å²) in [7, 11) is -3.63. The number of hydrogen-bond acceptors (Lipinski definition) is 3. The molecule has 2 aromatic carbocycles. The zero-order valence-electron chi connectivity index (χ0n) is 17.2. The predicted octanol–water partition coefficient (Wildman–Crippen LogP) is 3.38. The second-order valence-electron chi connectivity index (χ2n) is 8.43. The Kier molecular flexibility index (Phi) is 5.79. The van der Waals surface area contributed by atoms with Crippen molar-refractivity contribution in [2.45, 2.75) is 18.3 Å². The Morgan fingerprint density at radius 1 is 1.12 bits per heavy atom. The maximum atomic E-state index is 14.4. The number of sulfonamides is 1. The fourth-order valence-corrected chi connectivity index (χ4v) is 4.83. The first-order chi connectivity index (χ1) is 15.0. The van der Waals surface area contributed by atoms with E-state index in [1.54, 1.807) is 24.3 Å². The van der Waals surface area contributed by atoms with Crippen LogP contribution in [0.3, 0.4) is 0 Å². The van der Waals surface area contributed by atoms with Gasteiger partial charge in [-0.05, 0) is 35.6 Å². The van der Waals surface area contributed by atoms with E-state index < -0.39 is 58.4 Å². The number of carbonyl (C=O) groups excluding carboxylic acids is 1. The number of halogens is 4. The van der Waals surface area contributed by atoms with E-state index in [9.17, 15) is 30.8 Å². The van der Waals surface area contributed by atoms with Crippen LogP contribution in [0.2, 0.25) is 0 Å². The first-order valence-corrected chi connectivity index (χ1v) is 12.0. The molecule has 1 saturated heterocycles. The second-order valence-corrected chi connectivity index (χ2v) is 10.3. The summed E-state index contributed by atoms with van der Waals surface area (Å²) in [6.07, 6.45) is 1.27. The quantitative estimate of drug-likeness (QED) is 0.659. The van der Waals surface area contributed by atoms with Crippen molar-refractivity contribution in [2.75, 3.05) is 25.9 Å². The molecule has 0 bridgehead atoms. The Balaban J connectivity index is 1.51. The highest BCUT2D eigenvalue weighted by atomic mass is 32.2. The van der Waals surface area contributed by atoms with E-state index in [0.29, 0.717) is 17.5 Å². The lowest BCUT2D eigenvalue weighted by Crippen LogP contribution is -2.37. The molecule has 4 rings (SSSR count). The standard InChI is InChI=1S/C22H22F4N2O3S/c1-32(30,31)27-10-13-11-28(12-22(13,25)26)21(29)17-9-16(17)14-5-2-3-6-15(14)20-18(23)7-4-8-19(20)24/h2-8,13,16-17,27H,9-12H2,1H3. The molecule has 2 fully saturated rings. The third-order valence-electron chi connectivity index (χ3n) is 6.04. The number of nitrogens with one attached hydrogen (secondary N) is 1. The van der Waals surface area contributed by atoms with Gasteiger partial charge in [-0.3, -0.25) is 4.79 Å². The molecule has 1 aliphatic carbocycles. The van der Waals surface area contributed by atoms with E-state index in [2.05, 4.69) is 4.72 Å². The molecule has 1 heterocycles. The lowest BCUT2D eigenvalue weighted by molar-refractivity contribution is -0.133. The molecule has 3 unspecified atom stereocenters. The van der Waals surface area contributed by atoms with Crippen LogP contribution < -0.4 is 4.72 Å². The summed E-state index contributed by atoms with van der Waals surface area (Å²) >= 11 is 0. The van der Waals surface area contributed by atoms with Crippen LogP contribution in [0.5, 0.6) is 0 Å². The number of amides is 1. The van der Waals surface area contributed by atoms with Crippen LogP contribution in [-0.4, -0.2) is 51.0 Å². The van der Waals surface area contributed by atoms with Gasteiger partial charge < -0.3 is 4.90 Å². The van der Waals surface area contributed by atoms with E-state index in [1.165, 1.54) is 6.07 Å². The van der Waals surface area contributed by atoms with Crippen LogP contribution in [0.25, 0.3) is 11.1 Å². The number of benzene rings is 2. The minimum atomic E-state index is -3.63. The van der Waals surface area contributed by atoms with Gasteiger partial charge in [0.1, 0.15) is 11.6 Å². The molecular weight excluding hydrogens is 448 g/mol. The fraction of sp³-hybridized carbons (Fsp3) is 0.409. The van der Waals surface area contributed by atoms with Gasteiger partial charge in [-0.1, -0.05) is 30.3 Å². The molecule has 1 saturated carbocycles. The van der Waals surface area contributed by atoms with Crippen molar-refractivity contribution in [2.24, 2.45) is 11.8 Å². The first-order valence-electron chi connectivity index (χ1n) is 10.1. The van der Waals surface area contributed by atoms with Crippen LogP contribution in [-0.2, 0) is 14.8 Å². The second kappa shape index (κ2) is 8.15. The Hall–Kier alpha value is -2.46. The van der Waals surface area contributed by atoms with Crippen molar-refractivity contribution >= 4 is 15.9 Å². The summed E-state index contributed by atoms with van der Waals surface area (Å²) in [5, 5.41) is 0. The molecule has 0 spiro atoms. The van der Waals surface area contributed by atoms with Gasteiger partial charge in [0.15, 0.2) is 0 Å². The van der Waals surface area contributed by atoms with Gasteiger partial charge in [-0.15, -0.1) is 0 Å². The van der Waals surface area contributed by atoms with Crippen molar-refractivity contribution in [1.29, 1.82) is 0 Å². The lowest BCUT2D eigenvalue weighted by Gasteiger charge is -2.16. The SMILES string of the molecule is CS(=O)(=O)NCC1CN(C(=O)C2CC2c2ccccc2-c2c(F)cccc2F)CC1(F)F. The maximum Gasteiger partial charge on any atom is 0.271 e. The van der Waals surface area contributed by atoms with Crippen molar-refractivity contribution in [3.63, 3.8) is 0 Å². The minimum Gasteiger partial charge on any atom is -0.336 e. The third kappa shape index (κ3) is 4.52. The van der Waals surface area contributed by atoms with Crippen LogP contribution in [0.4, 0.5) is 17.6 Å². The smallest absolute Gasteiger partial charge is 0.271 e. The van der Waals surface area contributed by atoms with Gasteiger partial charge in [0, 0.05) is 19.0 Å². The molecule has 10 heteroatoms. The van der Waals surface area contributed by atoms with Crippen LogP contribution in [0.1, 0.15) is 17.9 Å². The Bertz CT molecular complexity index is 1140. The van der Waals surface area contributed by atoms with E-state index in [1.807, 2.05) is 0 Å². The first kappa shape index (κ1) is 22.7. The number of alkyl halides is 2. The van der Waals surface area contributed by atoms with Crippen molar-refractivity contribution in [1.82, 2.24) is 9.62 Å². The third-order valence-corrected chi connectivity index (χ3v) is 6.73. The summed E-state index contributed by atoms with van der Waals surface area (Å²) in [6, 6.07) is 10.2. The highest BCUT2D eigenvalue weighted by Crippen LogP contribution is 2.52. The van der Waals surface area contributed by atoms with E-state index >= 15 is 0 Å². The molecule has 1 N–H and O–H groups in total. The topological polar surface area (TPSA) is 66.5 Å². The van der Waals surface area contributed by atoms with Crippen LogP contribution >= 0.6 is 0 Å². The number of carbonyl (C=O) groups is 1. The van der Waals surface area contributed by atoms with Crippen LogP contribution in [0.15, 0.2) is 42.5 Å². The Morgan fingerprint density at radius 2 is 1.78 bits per heavy atom. The highest BCUT2D eigenvalue weighted by Gasteiger charge is 2.54. The number of hydrogen-bond donors (Lipinski definition) is 1. The van der Waals surface area contributed by atoms with Gasteiger partial charge in [-0.25, -0.2) is 30.7 Å². The Morgan fingerprint density at radius 3 is 2.44 bits per heavy atom. The van der Waals surface area contributed by atoms with Gasteiger partial charge >= 0.3 is 0 Å². The predicted molar refractivity (Wildman–Crippen MR) is 111 cm³/mol. The monoisotopic (exact) mass is 470 g/mol. The van der Waals surface area contributed by atoms with Crippen molar-refractivity contribution in [3.05, 3.63) is 59.7 Å². The largest absolute Gasteiger partial charge is 0.336 e. The van der Waals surface area contributed by atoms with Gasteiger partial charge in [-0.2, -0.15) is 0 Å². The molecular formula is C22H22F4N2O3S. The summed E-state index contributed by atoms with van der Waals surface area (Å²) in [6.45, 7) is -1.50. The molecule has 2 aromatic rings. The normalized spacial score (nSPS) is 24.5. The lowest BCUT2D eigenvalue weighted by atomic mass is 9.95. The molecule has 3 atom stereocenters. The molecule has 32 heavy (non-hydrogen) atoms. The molecule has 1 aliphatic heterocycles. The van der Waals surface area contributed by atoms with E-state index in [4.69, 9.17) is 0 Å². The summed E-state index contributed by atoms with van der Waals surface area (Å²) in [5.74, 6) is -7.34. The summed E-state index contributed by atoms with van der Waals surface area (Å²) in [5.41, 5.74) is 0.752. The molecule has 1 amide bonds. The molecule has 2 aliphatic rings. The number of likely N-dealkylation sites (tertiary alicyclic amines) is 1. The van der Waals surface area contributed by atoms with Crippen molar-refractivity contribution in [3.8, 4) is 11.1 Å². The average Bonchev–Trinajstić information content (AvgIpc) is 3.43. The van der Waals surface area contributed by atoms with Gasteiger partial charge in [0.25, 0.3) is 5.92 Å². The number of rotatable bonds is 6. The maximum absolute atomic E-state index is 14.4. The highest BCUT2D eigenvalue weighted by molar-refractivity contribution is 7.88. The molecule has 172 valence electrons. The molecule has 0 aromatic heterocycles. The molecule has 5 nitrogen and oxygen atoms in total. The van der Waals surface area contributed by atoms with E-state index in [0.717, 1.165) is 23.3 Å². The zero-order chi connectivity index (χ0) is 23.3. The minimum absolute atomic E-state index is 0.180. The van der Waals surface area contributed by atoms with Gasteiger partial charge in [0.05, 0.1) is 24.3 Å². The Labute approximate surface area is 183 Å². The summed E-state index contributed by atoms with van der Waals surface area (Å²) in [4.78, 5) is 14.0. The average molecular weight is 470 g/mol. The summed E-state index contributed by atoms with van der Waals surface area (Å²) < 4.78 is 82.0. The van der Waals surface area contributed by atoms with Gasteiger partial charge in [0.2, 0.25) is 15.9 Å². The van der Waals surface area contributed by atoms with Crippen LogP contribution in [0, 0.1) is 23.5 Å². The van der Waals surface area contributed by atoms with Crippen molar-refractivity contribution < 1.29 is 30.8 Å². The number of nitrogens with zero attached hydrogens (tertiary/aromatic N) is 1. The van der Waals surface area contributed by atoms with E-state index in [-0.39, 0.29) is 18.0 Å². The molecule has 0 radical (unpaired) electrons.